The molecule has 0 fully saturated rings. The first-order chi connectivity index (χ1) is 7.22. The van der Waals surface area contributed by atoms with Crippen LogP contribution in [0.2, 0.25) is 19.6 Å². The van der Waals surface area contributed by atoms with Crippen molar-refractivity contribution in [3.8, 4) is 5.75 Å². The summed E-state index contributed by atoms with van der Waals surface area (Å²) in [7, 11) is -1.79. The number of carboxylic acid groups (broad SMARTS) is 1. The third kappa shape index (κ3) is 2.85. The van der Waals surface area contributed by atoms with Gasteiger partial charge in [-0.05, 0) is 44.6 Å². The molecule has 0 atom stereocenters. The highest BCUT2D eigenvalue weighted by Gasteiger charge is 2.23. The minimum atomic E-state index is -1.79. The molecule has 0 aliphatic rings. The molecule has 0 spiro atoms. The summed E-state index contributed by atoms with van der Waals surface area (Å²) in [5, 5.41) is 9.20. The summed E-state index contributed by atoms with van der Waals surface area (Å²) in [4.78, 5) is 11.2. The smallest absolute Gasteiger partial charge is 0.339 e. The lowest BCUT2D eigenvalue weighted by Crippen LogP contribution is -2.30. The topological polar surface area (TPSA) is 46.5 Å². The van der Waals surface area contributed by atoms with Gasteiger partial charge in [-0.2, -0.15) is 0 Å². The van der Waals surface area contributed by atoms with E-state index in [1.165, 1.54) is 0 Å². The van der Waals surface area contributed by atoms with E-state index in [4.69, 9.17) is 4.43 Å². The SMILES string of the molecule is Cc1ccc(C)c(C(=O)O)c1O[Si](C)(C)C. The zero-order valence-corrected chi connectivity index (χ0v) is 11.4. The Morgan fingerprint density at radius 3 is 2.12 bits per heavy atom. The monoisotopic (exact) mass is 238 g/mol. The van der Waals surface area contributed by atoms with Gasteiger partial charge in [-0.1, -0.05) is 12.1 Å². The zero-order chi connectivity index (χ0) is 12.5. The molecule has 0 aliphatic carbocycles. The highest BCUT2D eigenvalue weighted by Crippen LogP contribution is 2.29. The van der Waals surface area contributed by atoms with Crippen LogP contribution in [0.15, 0.2) is 12.1 Å². The maximum absolute atomic E-state index is 11.2. The van der Waals surface area contributed by atoms with Crippen molar-refractivity contribution < 1.29 is 14.3 Å². The molecule has 1 aromatic carbocycles. The Bertz CT molecular complexity index is 419. The second-order valence-electron chi connectivity index (χ2n) is 4.92. The van der Waals surface area contributed by atoms with Gasteiger partial charge in [0.2, 0.25) is 8.32 Å². The molecular weight excluding hydrogens is 220 g/mol. The van der Waals surface area contributed by atoms with Gasteiger partial charge < -0.3 is 9.53 Å². The summed E-state index contributed by atoms with van der Waals surface area (Å²) in [6, 6.07) is 3.72. The molecule has 0 heterocycles. The largest absolute Gasteiger partial charge is 0.544 e. The van der Waals surface area contributed by atoms with Crippen LogP contribution in [-0.2, 0) is 0 Å². The molecule has 0 unspecified atom stereocenters. The van der Waals surface area contributed by atoms with Gasteiger partial charge >= 0.3 is 5.97 Å². The molecule has 0 amide bonds. The Morgan fingerprint density at radius 2 is 1.69 bits per heavy atom. The van der Waals surface area contributed by atoms with Crippen LogP contribution < -0.4 is 4.43 Å². The second kappa shape index (κ2) is 4.29. The van der Waals surface area contributed by atoms with Gasteiger partial charge in [0.1, 0.15) is 11.3 Å². The minimum Gasteiger partial charge on any atom is -0.544 e. The fourth-order valence-corrected chi connectivity index (χ4v) is 2.36. The average Bonchev–Trinajstić information content (AvgIpc) is 2.08. The standard InChI is InChI=1S/C12H18O3Si/c1-8-6-7-9(2)11(10(8)12(13)14)15-16(3,4)5/h6-7H,1-5H3,(H,13,14). The Hall–Kier alpha value is -1.29. The first kappa shape index (κ1) is 12.8. The van der Waals surface area contributed by atoms with Crippen LogP contribution in [-0.4, -0.2) is 19.4 Å². The van der Waals surface area contributed by atoms with Gasteiger partial charge in [-0.25, -0.2) is 4.79 Å². The van der Waals surface area contributed by atoms with Gasteiger partial charge in [0.25, 0.3) is 0 Å². The maximum atomic E-state index is 11.2. The van der Waals surface area contributed by atoms with E-state index in [1.54, 1.807) is 6.92 Å². The minimum absolute atomic E-state index is 0.294. The van der Waals surface area contributed by atoms with E-state index in [1.807, 2.05) is 38.7 Å². The Labute approximate surface area is 97.2 Å². The van der Waals surface area contributed by atoms with Crippen molar-refractivity contribution in [3.63, 3.8) is 0 Å². The Kier molecular flexibility index (Phi) is 3.43. The number of aromatic carboxylic acids is 1. The van der Waals surface area contributed by atoms with E-state index in [9.17, 15) is 9.90 Å². The lowest BCUT2D eigenvalue weighted by Gasteiger charge is -2.23. The molecular formula is C12H18O3Si. The molecule has 0 aliphatic heterocycles. The summed E-state index contributed by atoms with van der Waals surface area (Å²) in [5.41, 5.74) is 1.92. The molecule has 1 N–H and O–H groups in total. The van der Waals surface area contributed by atoms with Crippen molar-refractivity contribution in [2.24, 2.45) is 0 Å². The van der Waals surface area contributed by atoms with Gasteiger partial charge in [-0.3, -0.25) is 0 Å². The van der Waals surface area contributed by atoms with Crippen LogP contribution in [0.3, 0.4) is 0 Å². The van der Waals surface area contributed by atoms with Crippen LogP contribution >= 0.6 is 0 Å². The molecule has 0 radical (unpaired) electrons. The van der Waals surface area contributed by atoms with Crippen LogP contribution in [0.4, 0.5) is 0 Å². The second-order valence-corrected chi connectivity index (χ2v) is 9.35. The van der Waals surface area contributed by atoms with Crippen LogP contribution in [0.25, 0.3) is 0 Å². The fourth-order valence-electron chi connectivity index (χ4n) is 1.49. The van der Waals surface area contributed by atoms with E-state index in [-0.39, 0.29) is 0 Å². The maximum Gasteiger partial charge on any atom is 0.339 e. The average molecular weight is 238 g/mol. The van der Waals surface area contributed by atoms with Crippen molar-refractivity contribution in [1.82, 2.24) is 0 Å². The van der Waals surface area contributed by atoms with Crippen LogP contribution in [0, 0.1) is 13.8 Å². The van der Waals surface area contributed by atoms with Gasteiger partial charge in [0.15, 0.2) is 0 Å². The highest BCUT2D eigenvalue weighted by molar-refractivity contribution is 6.70. The van der Waals surface area contributed by atoms with E-state index in [2.05, 4.69) is 0 Å². The summed E-state index contributed by atoms with van der Waals surface area (Å²) >= 11 is 0. The molecule has 4 heteroatoms. The molecule has 0 aromatic heterocycles. The van der Waals surface area contributed by atoms with Crippen molar-refractivity contribution in [1.29, 1.82) is 0 Å². The van der Waals surface area contributed by atoms with Crippen molar-refractivity contribution in [2.75, 3.05) is 0 Å². The number of hydrogen-bond donors (Lipinski definition) is 1. The lowest BCUT2D eigenvalue weighted by molar-refractivity contribution is 0.0694. The van der Waals surface area contributed by atoms with E-state index in [0.717, 1.165) is 11.1 Å². The molecule has 0 saturated carbocycles. The third-order valence-corrected chi connectivity index (χ3v) is 3.00. The fraction of sp³-hybridized carbons (Fsp3) is 0.417. The summed E-state index contributed by atoms with van der Waals surface area (Å²) in [5.74, 6) is -0.388. The molecule has 3 nitrogen and oxygen atoms in total. The number of carboxylic acids is 1. The van der Waals surface area contributed by atoms with Gasteiger partial charge in [0.05, 0.1) is 0 Å². The molecule has 1 rings (SSSR count). The van der Waals surface area contributed by atoms with Crippen molar-refractivity contribution >= 4 is 14.3 Å². The predicted octanol–water partition coefficient (Wildman–Crippen LogP) is 3.22. The number of carbonyl (C=O) groups is 1. The number of benzene rings is 1. The summed E-state index contributed by atoms with van der Waals surface area (Å²) < 4.78 is 5.86. The van der Waals surface area contributed by atoms with E-state index < -0.39 is 14.3 Å². The third-order valence-electron chi connectivity index (χ3n) is 2.19. The highest BCUT2D eigenvalue weighted by atomic mass is 28.4. The quantitative estimate of drug-likeness (QED) is 0.822. The first-order valence-corrected chi connectivity index (χ1v) is 8.65. The number of rotatable bonds is 3. The Balaban J connectivity index is 3.35. The number of hydrogen-bond acceptors (Lipinski definition) is 2. The van der Waals surface area contributed by atoms with Crippen LogP contribution in [0.5, 0.6) is 5.75 Å². The van der Waals surface area contributed by atoms with Crippen molar-refractivity contribution in [2.45, 2.75) is 33.5 Å². The zero-order valence-electron chi connectivity index (χ0n) is 10.4. The summed E-state index contributed by atoms with van der Waals surface area (Å²) in [6.45, 7) is 9.79. The van der Waals surface area contributed by atoms with Crippen molar-refractivity contribution in [3.05, 3.63) is 28.8 Å². The molecule has 88 valence electrons. The molecule has 0 saturated heterocycles. The van der Waals surface area contributed by atoms with E-state index in [0.29, 0.717) is 11.3 Å². The summed E-state index contributed by atoms with van der Waals surface area (Å²) in [6.07, 6.45) is 0. The van der Waals surface area contributed by atoms with E-state index >= 15 is 0 Å². The lowest BCUT2D eigenvalue weighted by atomic mass is 10.0. The normalized spacial score (nSPS) is 11.3. The molecule has 1 aromatic rings. The Morgan fingerprint density at radius 1 is 1.19 bits per heavy atom. The predicted molar refractivity (Wildman–Crippen MR) is 66.8 cm³/mol. The molecule has 0 bridgehead atoms. The van der Waals surface area contributed by atoms with Gasteiger partial charge in [0, 0.05) is 0 Å². The van der Waals surface area contributed by atoms with Crippen LogP contribution in [0.1, 0.15) is 21.5 Å². The van der Waals surface area contributed by atoms with Gasteiger partial charge in [-0.15, -0.1) is 0 Å². The first-order valence-electron chi connectivity index (χ1n) is 5.25. The number of aryl methyl sites for hydroxylation is 2. The molecule has 16 heavy (non-hydrogen) atoms.